The summed E-state index contributed by atoms with van der Waals surface area (Å²) >= 11 is 0. The zero-order valence-corrected chi connectivity index (χ0v) is 37.5. The summed E-state index contributed by atoms with van der Waals surface area (Å²) in [6.45, 7) is 0. The second-order valence-electron chi connectivity index (χ2n) is 18.4. The van der Waals surface area contributed by atoms with Crippen LogP contribution in [-0.4, -0.2) is 9.13 Å². The molecule has 0 amide bonds. The molecule has 0 aliphatic carbocycles. The molecule has 3 nitrogen and oxygen atoms in total. The van der Waals surface area contributed by atoms with Crippen molar-refractivity contribution in [3.8, 4) is 11.4 Å². The molecule has 0 fully saturated rings. The van der Waals surface area contributed by atoms with E-state index in [0.29, 0.717) is 0 Å². The molecule has 69 heavy (non-hydrogen) atoms. The quantitative estimate of drug-likeness (QED) is 0.157. The molecule has 0 spiro atoms. The van der Waals surface area contributed by atoms with Gasteiger partial charge in [-0.05, 0) is 137 Å². The first-order valence-corrected chi connectivity index (χ1v) is 23.8. The third-order valence-electron chi connectivity index (χ3n) is 14.8. The number of hydrogen-bond acceptors (Lipinski definition) is 1. The van der Waals surface area contributed by atoms with Gasteiger partial charge in [-0.2, -0.15) is 0 Å². The van der Waals surface area contributed by atoms with Crippen LogP contribution >= 0.6 is 0 Å². The minimum absolute atomic E-state index is 1.10. The van der Waals surface area contributed by atoms with Gasteiger partial charge in [-0.15, -0.1) is 0 Å². The fraction of sp³-hybridized carbons (Fsp3) is 0. The number of anilines is 3. The molecule has 320 valence electrons. The van der Waals surface area contributed by atoms with Crippen molar-refractivity contribution in [2.75, 3.05) is 4.90 Å². The first-order chi connectivity index (χ1) is 34.3. The molecule has 13 aromatic carbocycles. The molecule has 15 rings (SSSR count). The van der Waals surface area contributed by atoms with Crippen molar-refractivity contribution in [3.63, 3.8) is 0 Å². The Morgan fingerprint density at radius 2 is 0.609 bits per heavy atom. The van der Waals surface area contributed by atoms with Crippen LogP contribution in [0.2, 0.25) is 0 Å². The molecule has 0 bridgehead atoms. The van der Waals surface area contributed by atoms with Crippen molar-refractivity contribution >= 4 is 125 Å². The third kappa shape index (κ3) is 5.50. The molecule has 15 aromatic rings. The van der Waals surface area contributed by atoms with Crippen LogP contribution in [0.15, 0.2) is 249 Å². The van der Waals surface area contributed by atoms with Crippen LogP contribution in [-0.2, 0) is 0 Å². The number of para-hydroxylation sites is 4. The van der Waals surface area contributed by atoms with Gasteiger partial charge in [0.2, 0.25) is 0 Å². The average molecular weight is 876 g/mol. The molecular weight excluding hydrogens is 835 g/mol. The van der Waals surface area contributed by atoms with E-state index in [0.717, 1.165) is 39.5 Å². The Labute approximate surface area is 397 Å². The molecule has 2 heterocycles. The van der Waals surface area contributed by atoms with Crippen molar-refractivity contribution in [1.82, 2.24) is 9.13 Å². The van der Waals surface area contributed by atoms with E-state index in [-0.39, 0.29) is 0 Å². The molecule has 0 saturated heterocycles. The maximum absolute atomic E-state index is 2.52. The van der Waals surface area contributed by atoms with Gasteiger partial charge in [-0.3, -0.25) is 0 Å². The van der Waals surface area contributed by atoms with E-state index < -0.39 is 0 Å². The molecule has 0 atom stereocenters. The predicted octanol–water partition coefficient (Wildman–Crippen LogP) is 18.3. The van der Waals surface area contributed by atoms with E-state index in [9.17, 15) is 0 Å². The predicted molar refractivity (Wildman–Crippen MR) is 295 cm³/mol. The second kappa shape index (κ2) is 14.7. The molecule has 0 radical (unpaired) electrons. The van der Waals surface area contributed by atoms with E-state index in [2.05, 4.69) is 263 Å². The summed E-state index contributed by atoms with van der Waals surface area (Å²) in [7, 11) is 0. The highest BCUT2D eigenvalue weighted by Crippen LogP contribution is 2.48. The van der Waals surface area contributed by atoms with Gasteiger partial charge in [0.15, 0.2) is 0 Å². The van der Waals surface area contributed by atoms with Crippen LogP contribution < -0.4 is 4.90 Å². The Morgan fingerprint density at radius 1 is 0.217 bits per heavy atom. The molecule has 0 N–H and O–H groups in total. The van der Waals surface area contributed by atoms with Gasteiger partial charge in [0.1, 0.15) is 0 Å². The van der Waals surface area contributed by atoms with Gasteiger partial charge in [0, 0.05) is 44.3 Å². The summed E-state index contributed by atoms with van der Waals surface area (Å²) in [5.41, 5.74) is 10.2. The lowest BCUT2D eigenvalue weighted by atomic mass is 9.93. The van der Waals surface area contributed by atoms with Gasteiger partial charge in [-0.25, -0.2) is 0 Å². The third-order valence-corrected chi connectivity index (χ3v) is 14.8. The second-order valence-corrected chi connectivity index (χ2v) is 18.4. The highest BCUT2D eigenvalue weighted by molar-refractivity contribution is 6.28. The summed E-state index contributed by atoms with van der Waals surface area (Å²) in [6.07, 6.45) is 0. The molecule has 2 aromatic heterocycles. The fourth-order valence-electron chi connectivity index (χ4n) is 11.9. The van der Waals surface area contributed by atoms with Crippen molar-refractivity contribution < 1.29 is 0 Å². The first kappa shape index (κ1) is 38.0. The van der Waals surface area contributed by atoms with E-state index in [1.165, 1.54) is 97.2 Å². The lowest BCUT2D eigenvalue weighted by Gasteiger charge is -2.28. The van der Waals surface area contributed by atoms with Crippen molar-refractivity contribution in [2.24, 2.45) is 0 Å². The smallest absolute Gasteiger partial charge is 0.0782 e. The van der Waals surface area contributed by atoms with Gasteiger partial charge >= 0.3 is 0 Å². The van der Waals surface area contributed by atoms with Gasteiger partial charge in [0.25, 0.3) is 0 Å². The van der Waals surface area contributed by atoms with Crippen molar-refractivity contribution in [1.29, 1.82) is 0 Å². The number of aromatic nitrogens is 2. The normalized spacial score (nSPS) is 12.1. The average Bonchev–Trinajstić information content (AvgIpc) is 3.94. The van der Waals surface area contributed by atoms with E-state index in [4.69, 9.17) is 0 Å². The summed E-state index contributed by atoms with van der Waals surface area (Å²) in [6, 6.07) is 92.1. The maximum Gasteiger partial charge on any atom is 0.0782 e. The van der Waals surface area contributed by atoms with Crippen LogP contribution in [0.4, 0.5) is 17.1 Å². The zero-order valence-electron chi connectivity index (χ0n) is 37.5. The van der Waals surface area contributed by atoms with Crippen LogP contribution in [0.5, 0.6) is 0 Å². The molecule has 0 aliphatic rings. The molecule has 0 aliphatic heterocycles. The Kier molecular flexibility index (Phi) is 8.07. The monoisotopic (exact) mass is 875 g/mol. The van der Waals surface area contributed by atoms with Gasteiger partial charge in [-0.1, -0.05) is 176 Å². The van der Waals surface area contributed by atoms with Crippen LogP contribution in [0.25, 0.3) is 120 Å². The largest absolute Gasteiger partial charge is 0.309 e. The minimum Gasteiger partial charge on any atom is -0.309 e. The molecule has 3 heteroatoms. The number of rotatable bonds is 5. The van der Waals surface area contributed by atoms with Gasteiger partial charge in [0.05, 0.1) is 27.8 Å². The molecule has 0 saturated carbocycles. The lowest BCUT2D eigenvalue weighted by Crippen LogP contribution is -2.12. The van der Waals surface area contributed by atoms with E-state index in [1.807, 2.05) is 0 Å². The first-order valence-electron chi connectivity index (χ1n) is 23.8. The number of benzene rings is 13. The standard InChI is InChI=1S/C66H41N3/c1-2-17-42(18-3-1)68-62-30-14-13-28-57(62)61-41-45(35-38-64(61)68)69-63-31-15-12-27-56(63)58-29-16-32-65(66(58)69)67(43-33-36-54-50-23-6-4-19-46(50)48-21-8-10-25-52(48)59(54)39-43)44-34-37-55-51-24-7-5-20-47(51)49-22-9-11-26-53(49)60(55)40-44/h1-41H. The SMILES string of the molecule is c1ccc(-n2c3ccccc3c3cc(-n4c5ccccc5c5cccc(N(c6ccc7c8ccccc8c8ccccc8c7c6)c6ccc7c8ccccc8c8ccccc8c7c6)c54)ccc32)cc1. The van der Waals surface area contributed by atoms with Crippen LogP contribution in [0, 0.1) is 0 Å². The lowest BCUT2D eigenvalue weighted by molar-refractivity contribution is 1.16. The summed E-state index contributed by atoms with van der Waals surface area (Å²) in [4.78, 5) is 2.52. The number of hydrogen-bond donors (Lipinski definition) is 0. The highest BCUT2D eigenvalue weighted by atomic mass is 15.2. The summed E-state index contributed by atoms with van der Waals surface area (Å²) in [5.74, 6) is 0. The van der Waals surface area contributed by atoms with E-state index >= 15 is 0 Å². The van der Waals surface area contributed by atoms with Gasteiger partial charge < -0.3 is 14.0 Å². The zero-order chi connectivity index (χ0) is 45.2. The fourth-order valence-corrected chi connectivity index (χ4v) is 11.9. The Hall–Kier alpha value is -9.18. The van der Waals surface area contributed by atoms with Crippen molar-refractivity contribution in [3.05, 3.63) is 249 Å². The Bertz CT molecular complexity index is 4380. The van der Waals surface area contributed by atoms with E-state index in [1.54, 1.807) is 0 Å². The number of fused-ring (bicyclic) bond motifs is 18. The molecule has 0 unspecified atom stereocenters. The maximum atomic E-state index is 2.52. The Balaban J connectivity index is 1.05. The van der Waals surface area contributed by atoms with Crippen LogP contribution in [0.1, 0.15) is 0 Å². The Morgan fingerprint density at radius 3 is 1.13 bits per heavy atom. The number of nitrogens with zero attached hydrogens (tertiary/aromatic N) is 3. The van der Waals surface area contributed by atoms with Crippen molar-refractivity contribution in [2.45, 2.75) is 0 Å². The summed E-state index contributed by atoms with van der Waals surface area (Å²) in [5, 5.41) is 19.9. The highest BCUT2D eigenvalue weighted by Gasteiger charge is 2.24. The molecular formula is C66H41N3. The topological polar surface area (TPSA) is 13.1 Å². The minimum atomic E-state index is 1.10. The summed E-state index contributed by atoms with van der Waals surface area (Å²) < 4.78 is 4.90. The van der Waals surface area contributed by atoms with Crippen LogP contribution in [0.3, 0.4) is 0 Å².